The molecule has 32 heavy (non-hydrogen) atoms. The number of hydrogen-bond acceptors (Lipinski definition) is 2. The molecule has 0 unspecified atom stereocenters. The van der Waals surface area contributed by atoms with Crippen LogP contribution in [0, 0.1) is 0 Å². The normalized spacial score (nSPS) is 18.9. The number of piperidine rings is 1. The van der Waals surface area contributed by atoms with E-state index in [1.54, 1.807) is 18.2 Å². The van der Waals surface area contributed by atoms with E-state index in [0.717, 1.165) is 18.0 Å². The van der Waals surface area contributed by atoms with Gasteiger partial charge in [0.05, 0.1) is 0 Å². The van der Waals surface area contributed by atoms with Crippen molar-refractivity contribution in [3.8, 4) is 5.75 Å². The molecule has 2 fully saturated rings. The predicted molar refractivity (Wildman–Crippen MR) is 136 cm³/mol. The molecule has 0 aromatic heterocycles. The summed E-state index contributed by atoms with van der Waals surface area (Å²) in [7, 11) is 0. The molecular formula is C30H35NO. The summed E-state index contributed by atoms with van der Waals surface area (Å²) in [6.45, 7) is 8.43. The Labute approximate surface area is 193 Å². The summed E-state index contributed by atoms with van der Waals surface area (Å²) in [6.07, 6.45) is 16.3. The Morgan fingerprint density at radius 2 is 1.53 bits per heavy atom. The topological polar surface area (TPSA) is 23.5 Å². The lowest BCUT2D eigenvalue weighted by atomic mass is 9.86. The molecule has 166 valence electrons. The summed E-state index contributed by atoms with van der Waals surface area (Å²) in [4.78, 5) is 2.69. The van der Waals surface area contributed by atoms with Crippen molar-refractivity contribution in [2.24, 2.45) is 0 Å². The molecule has 2 aromatic rings. The Morgan fingerprint density at radius 3 is 2.09 bits per heavy atom. The Balaban J connectivity index is 1.61. The second-order valence-electron chi connectivity index (χ2n) is 8.94. The summed E-state index contributed by atoms with van der Waals surface area (Å²) in [5.41, 5.74) is 6.32. The van der Waals surface area contributed by atoms with Gasteiger partial charge in [0, 0.05) is 6.04 Å². The maximum atomic E-state index is 9.79. The van der Waals surface area contributed by atoms with Crippen LogP contribution in [0.1, 0.15) is 61.6 Å². The number of phenols is 1. The molecule has 1 aliphatic heterocycles. The SMILES string of the molecule is C=C\C=C/C=C/C(CC)=C(/c1ccc(O)cc1)c1ccc(C2CCN(C3CC3)CC2)cc1. The lowest BCUT2D eigenvalue weighted by molar-refractivity contribution is 0.203. The molecule has 1 aliphatic carbocycles. The molecule has 1 N–H and O–H groups in total. The molecule has 2 aliphatic rings. The molecular weight excluding hydrogens is 390 g/mol. The zero-order valence-corrected chi connectivity index (χ0v) is 19.2. The fourth-order valence-electron chi connectivity index (χ4n) is 4.82. The highest BCUT2D eigenvalue weighted by atomic mass is 16.3. The van der Waals surface area contributed by atoms with Crippen molar-refractivity contribution < 1.29 is 5.11 Å². The highest BCUT2D eigenvalue weighted by Crippen LogP contribution is 2.36. The summed E-state index contributed by atoms with van der Waals surface area (Å²) in [5, 5.41) is 9.79. The van der Waals surface area contributed by atoms with Gasteiger partial charge in [-0.3, -0.25) is 0 Å². The Kier molecular flexibility index (Phi) is 7.44. The zero-order chi connectivity index (χ0) is 22.3. The van der Waals surface area contributed by atoms with Gasteiger partial charge in [-0.1, -0.05) is 80.3 Å². The minimum absolute atomic E-state index is 0.295. The molecule has 1 saturated carbocycles. The monoisotopic (exact) mass is 425 g/mol. The van der Waals surface area contributed by atoms with Crippen molar-refractivity contribution in [1.29, 1.82) is 0 Å². The standard InChI is InChI=1S/C30H35NO/c1-3-5-6-7-8-23(4-2)30(27-13-17-29(32)18-14-27)26-11-9-24(10-12-26)25-19-21-31(22-20-25)28-15-16-28/h3,5-14,17-18,25,28,32H,1,4,15-16,19-22H2,2H3/b6-5-,8-7+,30-23+. The molecule has 0 bridgehead atoms. The van der Waals surface area contributed by atoms with E-state index in [0.29, 0.717) is 11.7 Å². The third kappa shape index (κ3) is 5.49. The van der Waals surface area contributed by atoms with Gasteiger partial charge in [-0.15, -0.1) is 0 Å². The van der Waals surface area contributed by atoms with E-state index in [2.05, 4.69) is 54.8 Å². The molecule has 2 heteroatoms. The third-order valence-corrected chi connectivity index (χ3v) is 6.78. The van der Waals surface area contributed by atoms with Crippen molar-refractivity contribution in [2.45, 2.75) is 51.0 Å². The van der Waals surface area contributed by atoms with E-state index >= 15 is 0 Å². The maximum Gasteiger partial charge on any atom is 0.115 e. The van der Waals surface area contributed by atoms with Crippen molar-refractivity contribution >= 4 is 5.57 Å². The molecule has 2 nitrogen and oxygen atoms in total. The largest absolute Gasteiger partial charge is 0.508 e. The fraction of sp³-hybridized carbons (Fsp3) is 0.333. The predicted octanol–water partition coefficient (Wildman–Crippen LogP) is 7.24. The number of hydrogen-bond donors (Lipinski definition) is 1. The van der Waals surface area contributed by atoms with E-state index in [4.69, 9.17) is 0 Å². The first-order chi connectivity index (χ1) is 15.7. The molecule has 0 atom stereocenters. The van der Waals surface area contributed by atoms with Gasteiger partial charge in [0.15, 0.2) is 0 Å². The van der Waals surface area contributed by atoms with Gasteiger partial charge in [0.1, 0.15) is 5.75 Å². The van der Waals surface area contributed by atoms with Crippen LogP contribution in [0.5, 0.6) is 5.75 Å². The number of rotatable bonds is 8. The molecule has 1 saturated heterocycles. The van der Waals surface area contributed by atoms with Crippen LogP contribution in [0.3, 0.4) is 0 Å². The van der Waals surface area contributed by atoms with Crippen LogP contribution in [-0.4, -0.2) is 29.1 Å². The van der Waals surface area contributed by atoms with Crippen LogP contribution in [0.4, 0.5) is 0 Å². The minimum atomic E-state index is 0.295. The summed E-state index contributed by atoms with van der Waals surface area (Å²) >= 11 is 0. The van der Waals surface area contributed by atoms with Gasteiger partial charge in [-0.05, 0) is 91.1 Å². The molecule has 4 rings (SSSR count). The number of allylic oxidation sites excluding steroid dienone is 6. The second-order valence-corrected chi connectivity index (χ2v) is 8.94. The second kappa shape index (κ2) is 10.7. The number of phenolic OH excluding ortho intramolecular Hbond substituents is 1. The third-order valence-electron chi connectivity index (χ3n) is 6.78. The molecule has 0 radical (unpaired) electrons. The molecule has 1 heterocycles. The van der Waals surface area contributed by atoms with Crippen LogP contribution in [-0.2, 0) is 0 Å². The average Bonchev–Trinajstić information content (AvgIpc) is 3.68. The summed E-state index contributed by atoms with van der Waals surface area (Å²) in [5.74, 6) is 0.971. The van der Waals surface area contributed by atoms with Gasteiger partial charge in [-0.2, -0.15) is 0 Å². The molecule has 0 amide bonds. The summed E-state index contributed by atoms with van der Waals surface area (Å²) < 4.78 is 0. The molecule has 2 aromatic carbocycles. The molecule has 0 spiro atoms. The van der Waals surface area contributed by atoms with E-state index in [9.17, 15) is 5.11 Å². The zero-order valence-electron chi connectivity index (χ0n) is 19.2. The van der Waals surface area contributed by atoms with Gasteiger partial charge >= 0.3 is 0 Å². The van der Waals surface area contributed by atoms with Crippen LogP contribution < -0.4 is 0 Å². The van der Waals surface area contributed by atoms with E-state index < -0.39 is 0 Å². The van der Waals surface area contributed by atoms with Gasteiger partial charge in [-0.25, -0.2) is 0 Å². The van der Waals surface area contributed by atoms with E-state index in [1.807, 2.05) is 24.3 Å². The number of nitrogens with zero attached hydrogens (tertiary/aromatic N) is 1. The first-order valence-corrected chi connectivity index (χ1v) is 12.0. The maximum absolute atomic E-state index is 9.79. The minimum Gasteiger partial charge on any atom is -0.508 e. The van der Waals surface area contributed by atoms with E-state index in [1.165, 1.54) is 61.0 Å². The number of benzene rings is 2. The van der Waals surface area contributed by atoms with Crippen molar-refractivity contribution in [3.63, 3.8) is 0 Å². The number of likely N-dealkylation sites (tertiary alicyclic amines) is 1. The van der Waals surface area contributed by atoms with Crippen molar-refractivity contribution in [3.05, 3.63) is 108 Å². The van der Waals surface area contributed by atoms with Crippen molar-refractivity contribution in [2.75, 3.05) is 13.1 Å². The Bertz CT molecular complexity index is 982. The van der Waals surface area contributed by atoms with Gasteiger partial charge < -0.3 is 10.0 Å². The highest BCUT2D eigenvalue weighted by Gasteiger charge is 2.32. The van der Waals surface area contributed by atoms with Gasteiger partial charge in [0.2, 0.25) is 0 Å². The van der Waals surface area contributed by atoms with Crippen LogP contribution >= 0.6 is 0 Å². The highest BCUT2D eigenvalue weighted by molar-refractivity contribution is 5.84. The van der Waals surface area contributed by atoms with Crippen LogP contribution in [0.15, 0.2) is 91.1 Å². The quantitative estimate of drug-likeness (QED) is 0.450. The summed E-state index contributed by atoms with van der Waals surface area (Å²) in [6, 6.07) is 17.7. The smallest absolute Gasteiger partial charge is 0.115 e. The lowest BCUT2D eigenvalue weighted by Gasteiger charge is -2.32. The first kappa shape index (κ1) is 22.4. The first-order valence-electron chi connectivity index (χ1n) is 12.0. The van der Waals surface area contributed by atoms with E-state index in [-0.39, 0.29) is 0 Å². The average molecular weight is 426 g/mol. The fourth-order valence-corrected chi connectivity index (χ4v) is 4.82. The Hall–Kier alpha value is -2.84. The van der Waals surface area contributed by atoms with Crippen LogP contribution in [0.2, 0.25) is 0 Å². The van der Waals surface area contributed by atoms with Gasteiger partial charge in [0.25, 0.3) is 0 Å². The Morgan fingerprint density at radius 1 is 0.906 bits per heavy atom. The van der Waals surface area contributed by atoms with Crippen LogP contribution in [0.25, 0.3) is 5.57 Å². The van der Waals surface area contributed by atoms with Crippen molar-refractivity contribution in [1.82, 2.24) is 4.90 Å². The number of aromatic hydroxyl groups is 1. The lowest BCUT2D eigenvalue weighted by Crippen LogP contribution is -2.34.